The molecular weight excluding hydrogens is 410 g/mol. The number of fused-ring (bicyclic) bond motifs is 1. The lowest BCUT2D eigenvalue weighted by molar-refractivity contribution is -0.139. The Hall–Kier alpha value is -3.86. The Labute approximate surface area is 193 Å². The van der Waals surface area contributed by atoms with E-state index in [0.29, 0.717) is 25.1 Å². The van der Waals surface area contributed by atoms with E-state index < -0.39 is 0 Å². The van der Waals surface area contributed by atoms with Gasteiger partial charge in [0.1, 0.15) is 6.54 Å². The summed E-state index contributed by atoms with van der Waals surface area (Å²) in [7, 11) is 0. The molecule has 2 amide bonds. The summed E-state index contributed by atoms with van der Waals surface area (Å²) in [5.41, 5.74) is 4.99. The highest BCUT2D eigenvalue weighted by Gasteiger charge is 2.35. The molecule has 0 spiro atoms. The third kappa shape index (κ3) is 4.53. The van der Waals surface area contributed by atoms with E-state index in [1.807, 2.05) is 89.3 Å². The van der Waals surface area contributed by atoms with Crippen molar-refractivity contribution >= 4 is 17.3 Å². The number of benzene rings is 2. The molecule has 1 fully saturated rings. The molecule has 5 nitrogen and oxygen atoms in total. The number of aromatic nitrogens is 1. The van der Waals surface area contributed by atoms with Crippen LogP contribution in [0.15, 0.2) is 91.3 Å². The molecule has 33 heavy (non-hydrogen) atoms. The van der Waals surface area contributed by atoms with Gasteiger partial charge in [0.25, 0.3) is 5.91 Å². The van der Waals surface area contributed by atoms with E-state index in [-0.39, 0.29) is 24.4 Å². The van der Waals surface area contributed by atoms with Crippen molar-refractivity contribution in [2.24, 2.45) is 0 Å². The molecule has 2 aromatic heterocycles. The fourth-order valence-electron chi connectivity index (χ4n) is 4.61. The van der Waals surface area contributed by atoms with Crippen LogP contribution in [0, 0.1) is 6.92 Å². The lowest BCUT2D eigenvalue weighted by Crippen LogP contribution is -2.58. The molecule has 1 aliphatic heterocycles. The zero-order valence-electron chi connectivity index (χ0n) is 18.7. The zero-order valence-corrected chi connectivity index (χ0v) is 18.7. The van der Waals surface area contributed by atoms with Crippen LogP contribution in [-0.4, -0.2) is 45.1 Å². The summed E-state index contributed by atoms with van der Waals surface area (Å²) in [6.07, 6.45) is 4.52. The SMILES string of the molecule is Cc1ccn2cc(C(=O)N3CC(=O)N(Cc4ccccc4)[C@@H](Cc4ccccc4)C3)cc2c1. The van der Waals surface area contributed by atoms with Crippen molar-refractivity contribution in [1.82, 2.24) is 14.2 Å². The zero-order chi connectivity index (χ0) is 22.8. The van der Waals surface area contributed by atoms with Crippen LogP contribution < -0.4 is 0 Å². The number of pyridine rings is 1. The number of carbonyl (C=O) groups excluding carboxylic acids is 2. The molecule has 1 saturated heterocycles. The number of rotatable bonds is 5. The third-order valence-electron chi connectivity index (χ3n) is 6.32. The van der Waals surface area contributed by atoms with Crippen molar-refractivity contribution in [1.29, 1.82) is 0 Å². The second kappa shape index (κ2) is 8.94. The molecule has 2 aromatic carbocycles. The van der Waals surface area contributed by atoms with Crippen LogP contribution in [0.5, 0.6) is 0 Å². The molecule has 5 rings (SSSR count). The molecule has 0 radical (unpaired) electrons. The Kier molecular flexibility index (Phi) is 5.69. The van der Waals surface area contributed by atoms with Gasteiger partial charge in [-0.3, -0.25) is 9.59 Å². The van der Waals surface area contributed by atoms with Crippen LogP contribution in [0.2, 0.25) is 0 Å². The second-order valence-electron chi connectivity index (χ2n) is 8.80. The first-order valence-electron chi connectivity index (χ1n) is 11.3. The number of hydrogen-bond acceptors (Lipinski definition) is 2. The number of piperazine rings is 1. The van der Waals surface area contributed by atoms with E-state index in [1.54, 1.807) is 4.90 Å². The Bertz CT molecular complexity index is 1280. The maximum absolute atomic E-state index is 13.4. The number of nitrogens with zero attached hydrogens (tertiary/aromatic N) is 3. The standard InChI is InChI=1S/C28H27N3O2/c1-21-12-13-29-18-24(16-25(29)14-21)28(33)30-19-26(15-22-8-4-2-5-9-22)31(27(32)20-30)17-23-10-6-3-7-11-23/h2-14,16,18,26H,15,17,19-20H2,1H3/t26-/m0/s1. The first-order chi connectivity index (χ1) is 16.1. The number of aryl methyl sites for hydroxylation is 1. The summed E-state index contributed by atoms with van der Waals surface area (Å²) in [5, 5.41) is 0. The molecule has 0 aliphatic carbocycles. The van der Waals surface area contributed by atoms with E-state index in [0.717, 1.165) is 22.2 Å². The van der Waals surface area contributed by atoms with Crippen molar-refractivity contribution in [2.75, 3.05) is 13.1 Å². The van der Waals surface area contributed by atoms with Gasteiger partial charge in [0.15, 0.2) is 0 Å². The van der Waals surface area contributed by atoms with Crippen molar-refractivity contribution < 1.29 is 9.59 Å². The Morgan fingerprint density at radius 2 is 1.64 bits per heavy atom. The van der Waals surface area contributed by atoms with Gasteiger partial charge in [0.05, 0.1) is 11.6 Å². The Morgan fingerprint density at radius 3 is 2.36 bits per heavy atom. The highest BCUT2D eigenvalue weighted by molar-refractivity contribution is 5.98. The van der Waals surface area contributed by atoms with Crippen LogP contribution in [0.25, 0.3) is 5.52 Å². The van der Waals surface area contributed by atoms with E-state index in [4.69, 9.17) is 0 Å². The molecule has 0 N–H and O–H groups in total. The highest BCUT2D eigenvalue weighted by atomic mass is 16.2. The third-order valence-corrected chi connectivity index (χ3v) is 6.32. The van der Waals surface area contributed by atoms with Crippen molar-refractivity contribution in [2.45, 2.75) is 25.9 Å². The molecule has 1 aliphatic rings. The van der Waals surface area contributed by atoms with Gasteiger partial charge < -0.3 is 14.2 Å². The van der Waals surface area contributed by atoms with Crippen molar-refractivity contribution in [3.05, 3.63) is 114 Å². The molecule has 0 saturated carbocycles. The molecule has 1 atom stereocenters. The van der Waals surface area contributed by atoms with Gasteiger partial charge in [-0.1, -0.05) is 60.7 Å². The molecule has 0 bridgehead atoms. The molecule has 4 aromatic rings. The highest BCUT2D eigenvalue weighted by Crippen LogP contribution is 2.22. The maximum Gasteiger partial charge on any atom is 0.255 e. The van der Waals surface area contributed by atoms with Gasteiger partial charge in [0.2, 0.25) is 5.91 Å². The summed E-state index contributed by atoms with van der Waals surface area (Å²) in [6.45, 7) is 3.20. The smallest absolute Gasteiger partial charge is 0.255 e. The molecular formula is C28H27N3O2. The summed E-state index contributed by atoms with van der Waals surface area (Å²) in [4.78, 5) is 30.3. The minimum absolute atomic E-state index is 0.0148. The molecule has 166 valence electrons. The van der Waals surface area contributed by atoms with Crippen molar-refractivity contribution in [3.8, 4) is 0 Å². The Morgan fingerprint density at radius 1 is 0.939 bits per heavy atom. The minimum Gasteiger partial charge on any atom is -0.332 e. The van der Waals surface area contributed by atoms with Gasteiger partial charge in [-0.2, -0.15) is 0 Å². The lowest BCUT2D eigenvalue weighted by Gasteiger charge is -2.41. The number of hydrogen-bond donors (Lipinski definition) is 0. The van der Waals surface area contributed by atoms with Crippen LogP contribution >= 0.6 is 0 Å². The van der Waals surface area contributed by atoms with Gasteiger partial charge in [-0.15, -0.1) is 0 Å². The Balaban J connectivity index is 1.41. The number of amides is 2. The normalized spacial score (nSPS) is 16.4. The monoisotopic (exact) mass is 437 g/mol. The van der Waals surface area contributed by atoms with Gasteiger partial charge in [0, 0.05) is 31.0 Å². The lowest BCUT2D eigenvalue weighted by atomic mass is 10.0. The van der Waals surface area contributed by atoms with E-state index >= 15 is 0 Å². The number of carbonyl (C=O) groups is 2. The van der Waals surface area contributed by atoms with Crippen LogP contribution in [0.4, 0.5) is 0 Å². The second-order valence-corrected chi connectivity index (χ2v) is 8.80. The largest absolute Gasteiger partial charge is 0.332 e. The van der Waals surface area contributed by atoms with Gasteiger partial charge >= 0.3 is 0 Å². The molecule has 3 heterocycles. The van der Waals surface area contributed by atoms with Gasteiger partial charge in [-0.25, -0.2) is 0 Å². The van der Waals surface area contributed by atoms with Crippen LogP contribution in [-0.2, 0) is 17.8 Å². The average Bonchev–Trinajstić information content (AvgIpc) is 3.25. The van der Waals surface area contributed by atoms with E-state index in [9.17, 15) is 9.59 Å². The van der Waals surface area contributed by atoms with E-state index in [1.165, 1.54) is 0 Å². The average molecular weight is 438 g/mol. The van der Waals surface area contributed by atoms with Gasteiger partial charge in [-0.05, 0) is 48.2 Å². The summed E-state index contributed by atoms with van der Waals surface area (Å²) >= 11 is 0. The van der Waals surface area contributed by atoms with Crippen molar-refractivity contribution in [3.63, 3.8) is 0 Å². The predicted octanol–water partition coefficient (Wildman–Crippen LogP) is 4.34. The van der Waals surface area contributed by atoms with E-state index in [2.05, 4.69) is 18.2 Å². The minimum atomic E-state index is -0.0953. The first-order valence-corrected chi connectivity index (χ1v) is 11.3. The molecule has 0 unspecified atom stereocenters. The summed E-state index contributed by atoms with van der Waals surface area (Å²) in [5.74, 6) is -0.110. The maximum atomic E-state index is 13.4. The summed E-state index contributed by atoms with van der Waals surface area (Å²) < 4.78 is 1.95. The molecule has 5 heteroatoms. The van der Waals surface area contributed by atoms with Crippen LogP contribution in [0.3, 0.4) is 0 Å². The first kappa shape index (κ1) is 21.0. The fraction of sp³-hybridized carbons (Fsp3) is 0.214. The topological polar surface area (TPSA) is 45.0 Å². The fourth-order valence-corrected chi connectivity index (χ4v) is 4.61. The predicted molar refractivity (Wildman–Crippen MR) is 129 cm³/mol. The quantitative estimate of drug-likeness (QED) is 0.466. The summed E-state index contributed by atoms with van der Waals surface area (Å²) in [6, 6.07) is 26.1. The van der Waals surface area contributed by atoms with Crippen LogP contribution in [0.1, 0.15) is 27.0 Å².